The maximum absolute atomic E-state index is 10.4. The molecule has 1 aromatic heterocycles. The molecule has 2 N–H and O–H groups in total. The number of primary amides is 1. The maximum Gasteiger partial charge on any atom is 0.217 e. The topological polar surface area (TPSA) is 56.0 Å². The second-order valence-electron chi connectivity index (χ2n) is 2.31. The summed E-state index contributed by atoms with van der Waals surface area (Å²) in [6.45, 7) is 1.94. The van der Waals surface area contributed by atoms with Gasteiger partial charge < -0.3 is 5.73 Å². The fourth-order valence-electron chi connectivity index (χ4n) is 0.767. The zero-order chi connectivity index (χ0) is 8.27. The van der Waals surface area contributed by atoms with Gasteiger partial charge in [0, 0.05) is 17.5 Å². The van der Waals surface area contributed by atoms with Gasteiger partial charge in [-0.1, -0.05) is 0 Å². The van der Waals surface area contributed by atoms with Crippen LogP contribution >= 0.6 is 11.3 Å². The van der Waals surface area contributed by atoms with Crippen LogP contribution in [0.15, 0.2) is 6.20 Å². The number of nitrogens with zero attached hydrogens (tertiary/aromatic N) is 1. The Hall–Kier alpha value is -0.900. The highest BCUT2D eigenvalue weighted by Gasteiger charge is 1.99. The van der Waals surface area contributed by atoms with E-state index in [1.807, 2.05) is 6.92 Å². The minimum atomic E-state index is -0.254. The Balaban J connectivity index is 2.45. The molecule has 1 heterocycles. The first-order valence-electron chi connectivity index (χ1n) is 3.38. The van der Waals surface area contributed by atoms with Crippen LogP contribution < -0.4 is 5.73 Å². The predicted octanol–water partition coefficient (Wildman–Crippen LogP) is 0.869. The number of nitrogens with two attached hydrogens (primary N) is 1. The minimum Gasteiger partial charge on any atom is -0.370 e. The Morgan fingerprint density at radius 1 is 1.82 bits per heavy atom. The third-order valence-electron chi connectivity index (χ3n) is 1.29. The standard InChI is InChI=1S/C7H10N2OS/c1-5-9-4-6(11-5)2-3-7(8)10/h4H,2-3H2,1H3,(H2,8,10). The van der Waals surface area contributed by atoms with Crippen LogP contribution in [0.2, 0.25) is 0 Å². The molecule has 0 saturated carbocycles. The molecule has 0 fully saturated rings. The maximum atomic E-state index is 10.4. The summed E-state index contributed by atoms with van der Waals surface area (Å²) in [5.41, 5.74) is 4.99. The van der Waals surface area contributed by atoms with E-state index in [-0.39, 0.29) is 5.91 Å². The molecule has 0 aliphatic rings. The summed E-state index contributed by atoms with van der Waals surface area (Å²) in [6, 6.07) is 0. The Bertz CT molecular complexity index is 257. The third kappa shape index (κ3) is 2.67. The van der Waals surface area contributed by atoms with Gasteiger partial charge in [-0.3, -0.25) is 4.79 Å². The molecule has 11 heavy (non-hydrogen) atoms. The van der Waals surface area contributed by atoms with Crippen LogP contribution in [0.25, 0.3) is 0 Å². The van der Waals surface area contributed by atoms with Gasteiger partial charge in [0.05, 0.1) is 5.01 Å². The van der Waals surface area contributed by atoms with Crippen molar-refractivity contribution in [2.24, 2.45) is 5.73 Å². The number of hydrogen-bond acceptors (Lipinski definition) is 3. The third-order valence-corrected chi connectivity index (χ3v) is 2.26. The lowest BCUT2D eigenvalue weighted by Gasteiger charge is -1.89. The molecule has 0 aromatic carbocycles. The van der Waals surface area contributed by atoms with Gasteiger partial charge in [-0.15, -0.1) is 11.3 Å². The van der Waals surface area contributed by atoms with Crippen molar-refractivity contribution < 1.29 is 4.79 Å². The van der Waals surface area contributed by atoms with Crippen molar-refractivity contribution in [3.05, 3.63) is 16.1 Å². The summed E-state index contributed by atoms with van der Waals surface area (Å²) in [5.74, 6) is -0.254. The van der Waals surface area contributed by atoms with Gasteiger partial charge >= 0.3 is 0 Å². The van der Waals surface area contributed by atoms with Crippen molar-refractivity contribution in [1.82, 2.24) is 4.98 Å². The highest BCUT2D eigenvalue weighted by atomic mass is 32.1. The molecule has 1 rings (SSSR count). The van der Waals surface area contributed by atoms with Crippen LogP contribution in [0, 0.1) is 6.92 Å². The molecule has 0 bridgehead atoms. The molecule has 60 valence electrons. The van der Waals surface area contributed by atoms with Gasteiger partial charge in [-0.05, 0) is 13.3 Å². The van der Waals surface area contributed by atoms with E-state index in [4.69, 9.17) is 5.73 Å². The van der Waals surface area contributed by atoms with Crippen LogP contribution in [0.1, 0.15) is 16.3 Å². The van der Waals surface area contributed by atoms with Crippen molar-refractivity contribution in [3.63, 3.8) is 0 Å². The summed E-state index contributed by atoms with van der Waals surface area (Å²) in [4.78, 5) is 15.6. The van der Waals surface area contributed by atoms with Crippen molar-refractivity contribution in [2.45, 2.75) is 19.8 Å². The van der Waals surface area contributed by atoms with Crippen LogP contribution in [-0.2, 0) is 11.2 Å². The first-order chi connectivity index (χ1) is 5.18. The average molecular weight is 170 g/mol. The molecule has 3 nitrogen and oxygen atoms in total. The Morgan fingerprint density at radius 2 is 2.55 bits per heavy atom. The monoisotopic (exact) mass is 170 g/mol. The fraction of sp³-hybridized carbons (Fsp3) is 0.429. The first-order valence-corrected chi connectivity index (χ1v) is 4.20. The van der Waals surface area contributed by atoms with E-state index in [0.29, 0.717) is 6.42 Å². The molecule has 0 aliphatic carbocycles. The molecule has 1 aromatic rings. The van der Waals surface area contributed by atoms with E-state index >= 15 is 0 Å². The van der Waals surface area contributed by atoms with Gasteiger partial charge in [0.2, 0.25) is 5.91 Å². The van der Waals surface area contributed by atoms with Crippen molar-refractivity contribution in [3.8, 4) is 0 Å². The molecule has 1 amide bonds. The number of carbonyl (C=O) groups is 1. The van der Waals surface area contributed by atoms with E-state index in [0.717, 1.165) is 16.3 Å². The van der Waals surface area contributed by atoms with Crippen molar-refractivity contribution >= 4 is 17.2 Å². The van der Waals surface area contributed by atoms with E-state index in [9.17, 15) is 4.79 Å². The van der Waals surface area contributed by atoms with Gasteiger partial charge in [-0.25, -0.2) is 4.98 Å². The summed E-state index contributed by atoms with van der Waals surface area (Å²) < 4.78 is 0. The van der Waals surface area contributed by atoms with E-state index in [1.165, 1.54) is 0 Å². The van der Waals surface area contributed by atoms with Gasteiger partial charge in [0.25, 0.3) is 0 Å². The molecular formula is C7H10N2OS. The highest BCUT2D eigenvalue weighted by molar-refractivity contribution is 7.11. The van der Waals surface area contributed by atoms with E-state index < -0.39 is 0 Å². The van der Waals surface area contributed by atoms with Crippen LogP contribution in [0.3, 0.4) is 0 Å². The predicted molar refractivity (Wildman–Crippen MR) is 44.4 cm³/mol. The summed E-state index contributed by atoms with van der Waals surface area (Å²) in [6.07, 6.45) is 2.94. The molecule has 0 saturated heterocycles. The average Bonchev–Trinajstić information content (AvgIpc) is 2.31. The molecule has 0 unspecified atom stereocenters. The molecule has 0 spiro atoms. The Morgan fingerprint density at radius 3 is 3.00 bits per heavy atom. The van der Waals surface area contributed by atoms with E-state index in [2.05, 4.69) is 4.98 Å². The lowest BCUT2D eigenvalue weighted by molar-refractivity contribution is -0.117. The molecule has 4 heteroatoms. The SMILES string of the molecule is Cc1ncc(CCC(N)=O)s1. The molecular weight excluding hydrogens is 160 g/mol. The van der Waals surface area contributed by atoms with Crippen LogP contribution in [0.4, 0.5) is 0 Å². The quantitative estimate of drug-likeness (QED) is 0.731. The Kier molecular flexibility index (Phi) is 2.59. The number of rotatable bonds is 3. The van der Waals surface area contributed by atoms with Crippen LogP contribution in [-0.4, -0.2) is 10.9 Å². The van der Waals surface area contributed by atoms with E-state index in [1.54, 1.807) is 17.5 Å². The van der Waals surface area contributed by atoms with Gasteiger partial charge in [0.1, 0.15) is 0 Å². The number of carbonyl (C=O) groups excluding carboxylic acids is 1. The van der Waals surface area contributed by atoms with Crippen molar-refractivity contribution in [1.29, 1.82) is 0 Å². The summed E-state index contributed by atoms with van der Waals surface area (Å²) >= 11 is 1.61. The number of aromatic nitrogens is 1. The Labute approximate surface area is 69.3 Å². The first kappa shape index (κ1) is 8.20. The summed E-state index contributed by atoms with van der Waals surface area (Å²) in [5, 5.41) is 1.03. The summed E-state index contributed by atoms with van der Waals surface area (Å²) in [7, 11) is 0. The van der Waals surface area contributed by atoms with Crippen LogP contribution in [0.5, 0.6) is 0 Å². The highest BCUT2D eigenvalue weighted by Crippen LogP contribution is 2.12. The lowest BCUT2D eigenvalue weighted by Crippen LogP contribution is -2.10. The smallest absolute Gasteiger partial charge is 0.217 e. The van der Waals surface area contributed by atoms with Gasteiger partial charge in [-0.2, -0.15) is 0 Å². The molecule has 0 radical (unpaired) electrons. The largest absolute Gasteiger partial charge is 0.370 e. The minimum absolute atomic E-state index is 0.254. The number of thiazole rings is 1. The molecule has 0 atom stereocenters. The van der Waals surface area contributed by atoms with Gasteiger partial charge in [0.15, 0.2) is 0 Å². The normalized spacial score (nSPS) is 9.91. The second-order valence-corrected chi connectivity index (χ2v) is 3.63. The zero-order valence-corrected chi connectivity index (χ0v) is 7.15. The fourth-order valence-corrected chi connectivity index (χ4v) is 1.56. The number of hydrogen-bond donors (Lipinski definition) is 1. The van der Waals surface area contributed by atoms with Crippen molar-refractivity contribution in [2.75, 3.05) is 0 Å². The molecule has 0 aliphatic heterocycles. The number of aryl methyl sites for hydroxylation is 2. The zero-order valence-electron chi connectivity index (χ0n) is 6.33. The second kappa shape index (κ2) is 3.48. The number of amides is 1. The lowest BCUT2D eigenvalue weighted by atomic mass is 10.3.